The molecule has 5 nitrogen and oxygen atoms in total. The van der Waals surface area contributed by atoms with Gasteiger partial charge in [0, 0.05) is 26.2 Å². The van der Waals surface area contributed by atoms with E-state index in [0.29, 0.717) is 0 Å². The highest BCUT2D eigenvalue weighted by atomic mass is 19.3. The summed E-state index contributed by atoms with van der Waals surface area (Å²) < 4.78 is 27.2. The minimum absolute atomic E-state index is 0.0419. The molecule has 1 saturated heterocycles. The number of nitrogens with zero attached hydrogens (tertiary/aromatic N) is 3. The van der Waals surface area contributed by atoms with Crippen LogP contribution < -0.4 is 5.73 Å². The van der Waals surface area contributed by atoms with Crippen LogP contribution in [0.3, 0.4) is 0 Å². The van der Waals surface area contributed by atoms with Gasteiger partial charge in [-0.25, -0.2) is 8.78 Å². The summed E-state index contributed by atoms with van der Waals surface area (Å²) in [6.07, 6.45) is 1.17. The van der Waals surface area contributed by atoms with E-state index in [0.717, 1.165) is 4.90 Å². The summed E-state index contributed by atoms with van der Waals surface area (Å²) in [5, 5.41) is 3.86. The number of alkyl halides is 2. The van der Waals surface area contributed by atoms with Gasteiger partial charge in [0.25, 0.3) is 11.8 Å². The maximum absolute atomic E-state index is 12.9. The molecule has 0 spiro atoms. The fourth-order valence-corrected chi connectivity index (χ4v) is 1.73. The maximum Gasteiger partial charge on any atom is 0.276 e. The number of nitrogen functional groups attached to an aromatic ring is 1. The summed E-state index contributed by atoms with van der Waals surface area (Å²) in [5.41, 5.74) is 5.81. The molecule has 0 bridgehead atoms. The second-order valence-corrected chi connectivity index (χ2v) is 3.94. The standard InChI is InChI=1S/C9H12F2N4O/c1-14-4-6(12)7(13-14)8(16)15-3-2-9(10,11)5-15/h4H,2-3,5,12H2,1H3. The Bertz CT molecular complexity index is 429. The molecule has 0 aromatic carbocycles. The molecule has 0 saturated carbocycles. The van der Waals surface area contributed by atoms with Gasteiger partial charge >= 0.3 is 0 Å². The molecule has 2 rings (SSSR count). The highest BCUT2D eigenvalue weighted by Gasteiger charge is 2.41. The first-order valence-electron chi connectivity index (χ1n) is 4.85. The first kappa shape index (κ1) is 10.8. The van der Waals surface area contributed by atoms with Crippen LogP contribution in [0.2, 0.25) is 0 Å². The van der Waals surface area contributed by atoms with E-state index < -0.39 is 18.4 Å². The molecule has 0 unspecified atom stereocenters. The molecular weight excluding hydrogens is 218 g/mol. The maximum atomic E-state index is 12.9. The Balaban J connectivity index is 2.18. The molecule has 1 aromatic heterocycles. The van der Waals surface area contributed by atoms with Gasteiger partial charge in [-0.05, 0) is 0 Å². The number of anilines is 1. The SMILES string of the molecule is Cn1cc(N)c(C(=O)N2CCC(F)(F)C2)n1. The number of amides is 1. The number of likely N-dealkylation sites (tertiary alicyclic amines) is 1. The Kier molecular flexibility index (Phi) is 2.32. The number of aromatic nitrogens is 2. The van der Waals surface area contributed by atoms with E-state index in [1.165, 1.54) is 10.9 Å². The van der Waals surface area contributed by atoms with Crippen molar-refractivity contribution in [1.29, 1.82) is 0 Å². The second-order valence-electron chi connectivity index (χ2n) is 3.94. The van der Waals surface area contributed by atoms with Crippen molar-refractivity contribution in [2.45, 2.75) is 12.3 Å². The number of halogens is 2. The van der Waals surface area contributed by atoms with Crippen LogP contribution in [0.25, 0.3) is 0 Å². The Labute approximate surface area is 90.8 Å². The largest absolute Gasteiger partial charge is 0.396 e. The van der Waals surface area contributed by atoms with Crippen molar-refractivity contribution in [3.63, 3.8) is 0 Å². The smallest absolute Gasteiger partial charge is 0.276 e. The van der Waals surface area contributed by atoms with Crippen molar-refractivity contribution in [1.82, 2.24) is 14.7 Å². The van der Waals surface area contributed by atoms with Crippen LogP contribution >= 0.6 is 0 Å². The number of aryl methyl sites for hydroxylation is 1. The molecule has 1 aromatic rings. The van der Waals surface area contributed by atoms with E-state index in [-0.39, 0.29) is 24.3 Å². The van der Waals surface area contributed by atoms with Crippen molar-refractivity contribution in [3.05, 3.63) is 11.9 Å². The van der Waals surface area contributed by atoms with Gasteiger partial charge in [-0.1, -0.05) is 0 Å². The Morgan fingerprint density at radius 2 is 2.31 bits per heavy atom. The van der Waals surface area contributed by atoms with Crippen LogP contribution in [-0.2, 0) is 7.05 Å². The van der Waals surface area contributed by atoms with Gasteiger partial charge in [-0.15, -0.1) is 0 Å². The predicted molar refractivity (Wildman–Crippen MR) is 53.1 cm³/mol. The van der Waals surface area contributed by atoms with E-state index in [4.69, 9.17) is 5.73 Å². The molecule has 16 heavy (non-hydrogen) atoms. The Morgan fingerprint density at radius 3 is 2.75 bits per heavy atom. The average molecular weight is 230 g/mol. The summed E-state index contributed by atoms with van der Waals surface area (Å²) in [7, 11) is 1.62. The first-order chi connectivity index (χ1) is 7.39. The zero-order valence-electron chi connectivity index (χ0n) is 8.78. The Morgan fingerprint density at radius 1 is 1.62 bits per heavy atom. The van der Waals surface area contributed by atoms with E-state index in [2.05, 4.69) is 5.10 Å². The predicted octanol–water partition coefficient (Wildman–Crippen LogP) is 0.484. The molecule has 0 radical (unpaired) electrons. The van der Waals surface area contributed by atoms with Gasteiger partial charge in [0.15, 0.2) is 5.69 Å². The van der Waals surface area contributed by atoms with E-state index in [1.807, 2.05) is 0 Å². The summed E-state index contributed by atoms with van der Waals surface area (Å²) in [4.78, 5) is 12.9. The molecule has 1 aliphatic heterocycles. The molecule has 0 atom stereocenters. The van der Waals surface area contributed by atoms with Gasteiger partial charge in [-0.3, -0.25) is 9.48 Å². The topological polar surface area (TPSA) is 64.2 Å². The van der Waals surface area contributed by atoms with Gasteiger partial charge < -0.3 is 10.6 Å². The molecule has 2 heterocycles. The molecule has 1 amide bonds. The number of carbonyl (C=O) groups excluding carboxylic acids is 1. The highest BCUT2D eigenvalue weighted by molar-refractivity contribution is 5.97. The van der Waals surface area contributed by atoms with Crippen molar-refractivity contribution in [3.8, 4) is 0 Å². The van der Waals surface area contributed by atoms with Crippen molar-refractivity contribution in [2.24, 2.45) is 7.05 Å². The summed E-state index contributed by atoms with van der Waals surface area (Å²) in [6.45, 7) is -0.510. The third-order valence-electron chi connectivity index (χ3n) is 2.52. The second kappa shape index (κ2) is 3.43. The van der Waals surface area contributed by atoms with Crippen molar-refractivity contribution < 1.29 is 13.6 Å². The zero-order valence-corrected chi connectivity index (χ0v) is 8.78. The lowest BCUT2D eigenvalue weighted by atomic mass is 10.3. The molecule has 88 valence electrons. The monoisotopic (exact) mass is 230 g/mol. The van der Waals surface area contributed by atoms with E-state index >= 15 is 0 Å². The molecule has 2 N–H and O–H groups in total. The Hall–Kier alpha value is -1.66. The zero-order chi connectivity index (χ0) is 11.9. The number of carbonyl (C=O) groups is 1. The van der Waals surface area contributed by atoms with Gasteiger partial charge in [0.1, 0.15) is 0 Å². The van der Waals surface area contributed by atoms with Crippen LogP contribution in [0.4, 0.5) is 14.5 Å². The quantitative estimate of drug-likeness (QED) is 0.763. The fraction of sp³-hybridized carbons (Fsp3) is 0.556. The van der Waals surface area contributed by atoms with Crippen LogP contribution in [0, 0.1) is 0 Å². The minimum Gasteiger partial charge on any atom is -0.396 e. The lowest BCUT2D eigenvalue weighted by molar-refractivity contribution is 0.0119. The highest BCUT2D eigenvalue weighted by Crippen LogP contribution is 2.28. The third kappa shape index (κ3) is 1.84. The van der Waals surface area contributed by atoms with Crippen LogP contribution in [0.1, 0.15) is 16.9 Å². The molecule has 0 aliphatic carbocycles. The first-order valence-corrected chi connectivity index (χ1v) is 4.85. The lowest BCUT2D eigenvalue weighted by Gasteiger charge is -2.14. The third-order valence-corrected chi connectivity index (χ3v) is 2.52. The van der Waals surface area contributed by atoms with Crippen LogP contribution in [-0.4, -0.2) is 39.6 Å². The fourth-order valence-electron chi connectivity index (χ4n) is 1.73. The molecular formula is C9H12F2N4O. The summed E-state index contributed by atoms with van der Waals surface area (Å²) in [5.74, 6) is -3.32. The van der Waals surface area contributed by atoms with Crippen LogP contribution in [0.15, 0.2) is 6.20 Å². The molecule has 7 heteroatoms. The van der Waals surface area contributed by atoms with Gasteiger partial charge in [-0.2, -0.15) is 5.10 Å². The summed E-state index contributed by atoms with van der Waals surface area (Å²) in [6, 6.07) is 0. The van der Waals surface area contributed by atoms with Crippen molar-refractivity contribution in [2.75, 3.05) is 18.8 Å². The summed E-state index contributed by atoms with van der Waals surface area (Å²) >= 11 is 0. The van der Waals surface area contributed by atoms with Gasteiger partial charge in [0.05, 0.1) is 12.2 Å². The number of hydrogen-bond donors (Lipinski definition) is 1. The number of nitrogens with two attached hydrogens (primary N) is 1. The number of hydrogen-bond acceptors (Lipinski definition) is 3. The average Bonchev–Trinajstić information content (AvgIpc) is 2.68. The number of rotatable bonds is 1. The lowest BCUT2D eigenvalue weighted by Crippen LogP contribution is -2.32. The molecule has 1 aliphatic rings. The van der Waals surface area contributed by atoms with Crippen LogP contribution in [0.5, 0.6) is 0 Å². The minimum atomic E-state index is -2.79. The van der Waals surface area contributed by atoms with Gasteiger partial charge in [0.2, 0.25) is 0 Å². The normalized spacial score (nSPS) is 19.1. The molecule has 1 fully saturated rings. The van der Waals surface area contributed by atoms with Crippen molar-refractivity contribution >= 4 is 11.6 Å². The van der Waals surface area contributed by atoms with E-state index in [1.54, 1.807) is 7.05 Å². The van der Waals surface area contributed by atoms with E-state index in [9.17, 15) is 13.6 Å².